The number of hydrogen-bond acceptors (Lipinski definition) is 8. The highest BCUT2D eigenvalue weighted by atomic mass is 35.5. The molecule has 4 heterocycles. The number of fused-ring (bicyclic) bond motifs is 1. The van der Waals surface area contributed by atoms with Crippen molar-refractivity contribution < 1.29 is 19.4 Å². The monoisotopic (exact) mass is 813 g/mol. The zero-order valence-corrected chi connectivity index (χ0v) is 33.1. The molecule has 2 fully saturated rings. The van der Waals surface area contributed by atoms with Crippen LogP contribution in [-0.4, -0.2) is 62.3 Å². The number of aromatic nitrogens is 3. The molecule has 2 atom stereocenters. The average molecular weight is 815 g/mol. The maximum absolute atomic E-state index is 11.7. The zero-order valence-electron chi connectivity index (χ0n) is 31.6. The number of pyridine rings is 1. The van der Waals surface area contributed by atoms with Gasteiger partial charge in [0.05, 0.1) is 34.8 Å². The molecule has 2 aliphatic rings. The van der Waals surface area contributed by atoms with Gasteiger partial charge < -0.3 is 20.5 Å². The third-order valence-electron chi connectivity index (χ3n) is 10.9. The molecule has 11 nitrogen and oxygen atoms in total. The van der Waals surface area contributed by atoms with Crippen molar-refractivity contribution in [2.45, 2.75) is 51.5 Å². The molecule has 0 unspecified atom stereocenters. The van der Waals surface area contributed by atoms with Gasteiger partial charge in [0.15, 0.2) is 0 Å². The van der Waals surface area contributed by atoms with Crippen LogP contribution in [0.5, 0.6) is 5.75 Å². The fraction of sp³-hybridized carbons (Fsp3) is 0.267. The second-order valence-corrected chi connectivity index (χ2v) is 15.7. The SMILES string of the molecule is N#Cc1cncc(COc2cc(Cn3ncc4c(-c5cccc(-c6ccc(CNC[C@@H]7CCC(=O)N7)cc6)c5Cl)cccc43)c(Cl)cc2CN2CC[C@@H](C(=O)O)C2)c1. The van der Waals surface area contributed by atoms with Gasteiger partial charge in [0.2, 0.25) is 5.91 Å². The van der Waals surface area contributed by atoms with E-state index in [4.69, 9.17) is 33.0 Å². The second-order valence-electron chi connectivity index (χ2n) is 14.9. The zero-order chi connectivity index (χ0) is 40.2. The number of ether oxygens (including phenoxy) is 1. The number of carbonyl (C=O) groups excluding carboxylic acids is 1. The Morgan fingerprint density at radius 1 is 0.948 bits per heavy atom. The summed E-state index contributed by atoms with van der Waals surface area (Å²) in [6.07, 6.45) is 7.08. The van der Waals surface area contributed by atoms with Crippen molar-refractivity contribution in [1.29, 1.82) is 5.26 Å². The van der Waals surface area contributed by atoms with Crippen molar-refractivity contribution in [2.24, 2.45) is 5.92 Å². The maximum atomic E-state index is 11.7. The highest BCUT2D eigenvalue weighted by molar-refractivity contribution is 6.36. The predicted octanol–water partition coefficient (Wildman–Crippen LogP) is 7.85. The Balaban J connectivity index is 1.03. The molecule has 2 aromatic heterocycles. The van der Waals surface area contributed by atoms with E-state index in [1.165, 1.54) is 6.20 Å². The number of carbonyl (C=O) groups is 2. The summed E-state index contributed by atoms with van der Waals surface area (Å²) in [6, 6.07) is 28.4. The van der Waals surface area contributed by atoms with E-state index in [0.717, 1.165) is 68.4 Å². The number of nitrogens with zero attached hydrogens (tertiary/aromatic N) is 5. The molecule has 0 bridgehead atoms. The number of carboxylic acids is 1. The van der Waals surface area contributed by atoms with E-state index >= 15 is 0 Å². The molecule has 294 valence electrons. The first-order valence-corrected chi connectivity index (χ1v) is 20.0. The molecule has 2 aliphatic heterocycles. The molecule has 6 aromatic rings. The highest BCUT2D eigenvalue weighted by Crippen LogP contribution is 2.40. The fourth-order valence-electron chi connectivity index (χ4n) is 7.84. The number of likely N-dealkylation sites (tertiary alicyclic amines) is 1. The number of hydrogen-bond donors (Lipinski definition) is 3. The van der Waals surface area contributed by atoms with Gasteiger partial charge in [-0.3, -0.25) is 24.2 Å². The van der Waals surface area contributed by atoms with Crippen molar-refractivity contribution in [3.05, 3.63) is 135 Å². The molecule has 4 aromatic carbocycles. The van der Waals surface area contributed by atoms with Crippen LogP contribution in [0.2, 0.25) is 10.0 Å². The Labute approximate surface area is 346 Å². The van der Waals surface area contributed by atoms with Crippen molar-refractivity contribution in [2.75, 3.05) is 19.6 Å². The van der Waals surface area contributed by atoms with Gasteiger partial charge in [-0.25, -0.2) is 0 Å². The van der Waals surface area contributed by atoms with Crippen LogP contribution in [-0.2, 0) is 35.8 Å². The molecule has 0 aliphatic carbocycles. The number of halogens is 2. The minimum Gasteiger partial charge on any atom is -0.489 e. The van der Waals surface area contributed by atoms with Crippen LogP contribution in [0.1, 0.15) is 47.1 Å². The second kappa shape index (κ2) is 17.4. The van der Waals surface area contributed by atoms with Gasteiger partial charge in [0.25, 0.3) is 0 Å². The summed E-state index contributed by atoms with van der Waals surface area (Å²) >= 11 is 14.2. The number of benzene rings is 4. The molecule has 58 heavy (non-hydrogen) atoms. The molecular formula is C45H41Cl2N7O4. The fourth-order valence-corrected chi connectivity index (χ4v) is 8.42. The number of aliphatic carboxylic acids is 1. The molecule has 8 rings (SSSR count). The van der Waals surface area contributed by atoms with Gasteiger partial charge in [-0.05, 0) is 65.9 Å². The van der Waals surface area contributed by atoms with E-state index in [1.807, 2.05) is 53.3 Å². The molecule has 1 amide bonds. The summed E-state index contributed by atoms with van der Waals surface area (Å²) in [6.45, 7) is 3.59. The van der Waals surface area contributed by atoms with Crippen molar-refractivity contribution in [3.8, 4) is 34.1 Å². The topological polar surface area (TPSA) is 145 Å². The van der Waals surface area contributed by atoms with E-state index in [1.54, 1.807) is 12.3 Å². The van der Waals surface area contributed by atoms with Crippen LogP contribution in [0.15, 0.2) is 97.5 Å². The molecule has 0 radical (unpaired) electrons. The number of nitrogens with one attached hydrogen (secondary N) is 2. The van der Waals surface area contributed by atoms with E-state index in [0.29, 0.717) is 66.9 Å². The lowest BCUT2D eigenvalue weighted by molar-refractivity contribution is -0.141. The minimum absolute atomic E-state index is 0.122. The summed E-state index contributed by atoms with van der Waals surface area (Å²) in [5.74, 6) is -0.458. The van der Waals surface area contributed by atoms with Crippen molar-refractivity contribution in [1.82, 2.24) is 30.3 Å². The van der Waals surface area contributed by atoms with Gasteiger partial charge in [-0.2, -0.15) is 10.4 Å². The van der Waals surface area contributed by atoms with Crippen molar-refractivity contribution >= 4 is 46.0 Å². The van der Waals surface area contributed by atoms with Gasteiger partial charge in [0.1, 0.15) is 18.4 Å². The lowest BCUT2D eigenvalue weighted by Gasteiger charge is -2.20. The quantitative estimate of drug-likeness (QED) is 0.100. The van der Waals surface area contributed by atoms with Crippen LogP contribution in [0.25, 0.3) is 33.2 Å². The largest absolute Gasteiger partial charge is 0.489 e. The normalized spacial score (nSPS) is 16.7. The molecule has 0 saturated carbocycles. The third kappa shape index (κ3) is 8.71. The van der Waals surface area contributed by atoms with E-state index in [2.05, 4.69) is 56.9 Å². The lowest BCUT2D eigenvalue weighted by atomic mass is 9.96. The molecule has 0 spiro atoms. The first-order chi connectivity index (χ1) is 28.2. The Kier molecular flexibility index (Phi) is 11.7. The summed E-state index contributed by atoms with van der Waals surface area (Å²) in [7, 11) is 0. The van der Waals surface area contributed by atoms with Crippen molar-refractivity contribution in [3.63, 3.8) is 0 Å². The van der Waals surface area contributed by atoms with Crippen LogP contribution >= 0.6 is 23.2 Å². The molecule has 13 heteroatoms. The van der Waals surface area contributed by atoms with Crippen LogP contribution in [0, 0.1) is 17.2 Å². The number of carboxylic acid groups (broad SMARTS) is 1. The summed E-state index contributed by atoms with van der Waals surface area (Å²) in [5, 5.41) is 32.3. The van der Waals surface area contributed by atoms with Gasteiger partial charge in [-0.1, -0.05) is 77.8 Å². The third-order valence-corrected chi connectivity index (χ3v) is 11.7. The lowest BCUT2D eigenvalue weighted by Crippen LogP contribution is -2.35. The number of rotatable bonds is 14. The molecule has 3 N–H and O–H groups in total. The molecule has 2 saturated heterocycles. The average Bonchev–Trinajstić information content (AvgIpc) is 3.99. The van der Waals surface area contributed by atoms with E-state index in [-0.39, 0.29) is 18.6 Å². The smallest absolute Gasteiger partial charge is 0.307 e. The van der Waals surface area contributed by atoms with Gasteiger partial charge >= 0.3 is 5.97 Å². The molecular weight excluding hydrogens is 773 g/mol. The Morgan fingerprint density at radius 2 is 1.76 bits per heavy atom. The highest BCUT2D eigenvalue weighted by Gasteiger charge is 2.29. The van der Waals surface area contributed by atoms with Crippen LogP contribution < -0.4 is 15.4 Å². The Hall–Kier alpha value is -5.77. The van der Waals surface area contributed by atoms with E-state index in [9.17, 15) is 20.0 Å². The number of amides is 1. The summed E-state index contributed by atoms with van der Waals surface area (Å²) in [5.41, 5.74) is 8.69. The summed E-state index contributed by atoms with van der Waals surface area (Å²) < 4.78 is 8.29. The Morgan fingerprint density at radius 3 is 2.53 bits per heavy atom. The minimum atomic E-state index is -0.787. The van der Waals surface area contributed by atoms with E-state index < -0.39 is 11.9 Å². The first kappa shape index (κ1) is 39.1. The predicted molar refractivity (Wildman–Crippen MR) is 223 cm³/mol. The van der Waals surface area contributed by atoms with Gasteiger partial charge in [0, 0.05) is 83.7 Å². The first-order valence-electron chi connectivity index (χ1n) is 19.3. The van der Waals surface area contributed by atoms with Crippen LogP contribution in [0.3, 0.4) is 0 Å². The number of nitriles is 1. The summed E-state index contributed by atoms with van der Waals surface area (Å²) in [4.78, 5) is 29.4. The Bertz CT molecular complexity index is 2530. The van der Waals surface area contributed by atoms with Crippen LogP contribution in [0.4, 0.5) is 0 Å². The van der Waals surface area contributed by atoms with Gasteiger partial charge in [-0.15, -0.1) is 0 Å². The maximum Gasteiger partial charge on any atom is 0.307 e. The standard InChI is InChI=1S/C45H41Cl2N7O4/c46-40-16-34(25-53-14-13-32(24-53)45(56)57)42(58-27-30-15-29(18-48)20-49-21-30)17-33(40)26-54-41-6-2-4-37(39(41)23-51-54)38-5-1-3-36(44(38)47)31-9-7-28(8-10-31)19-50-22-35-11-12-43(55)52-35/h1-10,15-17,20-21,23,32,35,50H,11-14,19,22,24-27H2,(H,52,55)(H,56,57)/t32-,35+/m1/s1.